The van der Waals surface area contributed by atoms with Crippen molar-refractivity contribution >= 4 is 5.97 Å². The molecule has 0 aliphatic carbocycles. The molecule has 0 saturated heterocycles. The monoisotopic (exact) mass is 280 g/mol. The molecule has 0 radical (unpaired) electrons. The number of hydrogen-bond donors (Lipinski definition) is 0. The van der Waals surface area contributed by atoms with E-state index >= 15 is 0 Å². The first-order valence-electron chi connectivity index (χ1n) is 4.60. The number of halogens is 5. The average Bonchev–Trinajstić information content (AvgIpc) is 2.34. The van der Waals surface area contributed by atoms with Crippen LogP contribution in [-0.2, 0) is 10.9 Å². The van der Waals surface area contributed by atoms with Crippen molar-refractivity contribution < 1.29 is 31.5 Å². The Morgan fingerprint density at radius 3 is 2.42 bits per heavy atom. The van der Waals surface area contributed by atoms with E-state index in [0.717, 1.165) is 13.2 Å². The number of esters is 1. The lowest BCUT2D eigenvalue weighted by Gasteiger charge is -2.13. The molecule has 19 heavy (non-hydrogen) atoms. The molecule has 1 aromatic rings. The van der Waals surface area contributed by atoms with Crippen LogP contribution in [-0.4, -0.2) is 18.1 Å². The fraction of sp³-hybridized carbons (Fsp3) is 0.300. The highest BCUT2D eigenvalue weighted by molar-refractivity contribution is 5.94. The minimum atomic E-state index is -5.05. The van der Waals surface area contributed by atoms with Crippen LogP contribution < -0.4 is 0 Å². The Bertz CT molecular complexity index is 548. The van der Waals surface area contributed by atoms with Crippen LogP contribution in [0.15, 0.2) is 6.20 Å². The quantitative estimate of drug-likeness (QED) is 0.617. The van der Waals surface area contributed by atoms with Crippen molar-refractivity contribution in [1.29, 1.82) is 5.26 Å². The molecule has 0 aliphatic heterocycles. The van der Waals surface area contributed by atoms with Gasteiger partial charge in [0.05, 0.1) is 23.8 Å². The van der Waals surface area contributed by atoms with Crippen LogP contribution in [0.2, 0.25) is 0 Å². The van der Waals surface area contributed by atoms with Crippen LogP contribution in [0.3, 0.4) is 0 Å². The van der Waals surface area contributed by atoms with Gasteiger partial charge >= 0.3 is 12.1 Å². The summed E-state index contributed by atoms with van der Waals surface area (Å²) in [5, 5.41) is 8.67. The third-order valence-electron chi connectivity index (χ3n) is 2.11. The van der Waals surface area contributed by atoms with Gasteiger partial charge in [-0.1, -0.05) is 0 Å². The van der Waals surface area contributed by atoms with Gasteiger partial charge < -0.3 is 4.74 Å². The summed E-state index contributed by atoms with van der Waals surface area (Å²) in [6, 6.07) is 1.06. The number of nitrogens with zero attached hydrogens (tertiary/aromatic N) is 2. The highest BCUT2D eigenvalue weighted by atomic mass is 19.4. The lowest BCUT2D eigenvalue weighted by atomic mass is 10.0. The van der Waals surface area contributed by atoms with Gasteiger partial charge in [-0.05, 0) is 0 Å². The topological polar surface area (TPSA) is 63.0 Å². The van der Waals surface area contributed by atoms with E-state index in [9.17, 15) is 26.7 Å². The molecule has 1 heterocycles. The van der Waals surface area contributed by atoms with Crippen molar-refractivity contribution in [3.8, 4) is 6.07 Å². The predicted molar refractivity (Wildman–Crippen MR) is 50.3 cm³/mol. The summed E-state index contributed by atoms with van der Waals surface area (Å²) >= 11 is 0. The first-order valence-corrected chi connectivity index (χ1v) is 4.60. The van der Waals surface area contributed by atoms with Gasteiger partial charge in [-0.25, -0.2) is 18.6 Å². The first-order chi connectivity index (χ1) is 8.73. The fourth-order valence-corrected chi connectivity index (χ4v) is 1.34. The fourth-order valence-electron chi connectivity index (χ4n) is 1.34. The molecule has 1 rings (SSSR count). The standard InChI is InChI=1S/C10H5F5N2O2/c1-19-9(18)6-4(2-16)7(10(13,14)15)17-3-5(6)8(11)12/h3,8H,1H3. The zero-order valence-corrected chi connectivity index (χ0v) is 9.26. The molecular weight excluding hydrogens is 275 g/mol. The Morgan fingerprint density at radius 2 is 2.05 bits per heavy atom. The molecule has 4 nitrogen and oxygen atoms in total. The van der Waals surface area contributed by atoms with Crippen molar-refractivity contribution in [3.05, 3.63) is 28.6 Å². The Hall–Kier alpha value is -2.24. The van der Waals surface area contributed by atoms with Crippen LogP contribution in [0, 0.1) is 11.3 Å². The number of rotatable bonds is 2. The van der Waals surface area contributed by atoms with Crippen molar-refractivity contribution in [3.63, 3.8) is 0 Å². The lowest BCUT2D eigenvalue weighted by Crippen LogP contribution is -2.18. The number of carbonyl (C=O) groups is 1. The number of pyridine rings is 1. The number of ether oxygens (including phenoxy) is 1. The predicted octanol–water partition coefficient (Wildman–Crippen LogP) is 2.70. The molecule has 0 spiro atoms. The summed E-state index contributed by atoms with van der Waals surface area (Å²) < 4.78 is 67.1. The summed E-state index contributed by atoms with van der Waals surface area (Å²) in [5.74, 6) is -1.46. The van der Waals surface area contributed by atoms with E-state index < -0.39 is 41.0 Å². The second kappa shape index (κ2) is 5.17. The minimum Gasteiger partial charge on any atom is -0.465 e. The number of alkyl halides is 5. The van der Waals surface area contributed by atoms with E-state index in [1.807, 2.05) is 0 Å². The van der Waals surface area contributed by atoms with E-state index in [-0.39, 0.29) is 6.20 Å². The number of nitriles is 1. The van der Waals surface area contributed by atoms with Gasteiger partial charge in [-0.2, -0.15) is 18.4 Å². The second-order valence-corrected chi connectivity index (χ2v) is 3.21. The van der Waals surface area contributed by atoms with Gasteiger partial charge in [0.15, 0.2) is 5.69 Å². The van der Waals surface area contributed by atoms with E-state index in [2.05, 4.69) is 9.72 Å². The number of hydrogen-bond acceptors (Lipinski definition) is 4. The summed E-state index contributed by atoms with van der Waals surface area (Å²) in [5.41, 5.74) is -5.20. The Labute approximate surface area is 103 Å². The van der Waals surface area contributed by atoms with E-state index in [4.69, 9.17) is 5.26 Å². The van der Waals surface area contributed by atoms with E-state index in [1.54, 1.807) is 0 Å². The SMILES string of the molecule is COC(=O)c1c(C(F)F)cnc(C(F)(F)F)c1C#N. The average molecular weight is 280 g/mol. The van der Waals surface area contributed by atoms with Crippen LogP contribution in [0.5, 0.6) is 0 Å². The lowest BCUT2D eigenvalue weighted by molar-refractivity contribution is -0.141. The zero-order valence-electron chi connectivity index (χ0n) is 9.26. The maximum absolute atomic E-state index is 12.6. The minimum absolute atomic E-state index is 0.209. The van der Waals surface area contributed by atoms with Crippen LogP contribution >= 0.6 is 0 Å². The summed E-state index contributed by atoms with van der Waals surface area (Å²) in [6.45, 7) is 0. The highest BCUT2D eigenvalue weighted by Crippen LogP contribution is 2.34. The third-order valence-corrected chi connectivity index (χ3v) is 2.11. The van der Waals surface area contributed by atoms with E-state index in [1.165, 1.54) is 0 Å². The van der Waals surface area contributed by atoms with Crippen molar-refractivity contribution in [2.45, 2.75) is 12.6 Å². The maximum Gasteiger partial charge on any atom is 0.434 e. The molecule has 0 atom stereocenters. The molecule has 0 N–H and O–H groups in total. The summed E-state index contributed by atoms with van der Waals surface area (Å²) in [6.07, 6.45) is -8.11. The molecule has 9 heteroatoms. The van der Waals surface area contributed by atoms with E-state index in [0.29, 0.717) is 0 Å². The Balaban J connectivity index is 3.71. The van der Waals surface area contributed by atoms with Gasteiger partial charge in [0.2, 0.25) is 0 Å². The number of aromatic nitrogens is 1. The maximum atomic E-state index is 12.6. The van der Waals surface area contributed by atoms with Crippen molar-refractivity contribution in [2.75, 3.05) is 7.11 Å². The molecule has 0 bridgehead atoms. The zero-order chi connectivity index (χ0) is 14.8. The smallest absolute Gasteiger partial charge is 0.434 e. The van der Waals surface area contributed by atoms with Crippen molar-refractivity contribution in [2.24, 2.45) is 0 Å². The van der Waals surface area contributed by atoms with Crippen LogP contribution in [0.25, 0.3) is 0 Å². The molecular formula is C10H5F5N2O2. The van der Waals surface area contributed by atoms with Gasteiger partial charge in [-0.15, -0.1) is 0 Å². The number of methoxy groups -OCH3 is 1. The molecule has 0 fully saturated rings. The summed E-state index contributed by atoms with van der Waals surface area (Å²) in [4.78, 5) is 14.1. The third kappa shape index (κ3) is 2.78. The highest BCUT2D eigenvalue weighted by Gasteiger charge is 2.39. The van der Waals surface area contributed by atoms with Crippen LogP contribution in [0.1, 0.15) is 33.6 Å². The molecule has 0 amide bonds. The molecule has 0 aliphatic rings. The molecule has 0 aromatic carbocycles. The molecule has 0 saturated carbocycles. The molecule has 1 aromatic heterocycles. The largest absolute Gasteiger partial charge is 0.465 e. The Morgan fingerprint density at radius 1 is 1.47 bits per heavy atom. The van der Waals surface area contributed by atoms with Gasteiger partial charge in [0.1, 0.15) is 6.07 Å². The Kier molecular flexibility index (Phi) is 4.04. The molecule has 0 unspecified atom stereocenters. The normalized spacial score (nSPS) is 11.3. The van der Waals surface area contributed by atoms with Gasteiger partial charge in [0, 0.05) is 6.20 Å². The van der Waals surface area contributed by atoms with Gasteiger partial charge in [-0.3, -0.25) is 0 Å². The second-order valence-electron chi connectivity index (χ2n) is 3.21. The first kappa shape index (κ1) is 14.8. The van der Waals surface area contributed by atoms with Crippen LogP contribution in [0.4, 0.5) is 22.0 Å². The van der Waals surface area contributed by atoms with Gasteiger partial charge in [0.25, 0.3) is 6.43 Å². The van der Waals surface area contributed by atoms with Crippen molar-refractivity contribution in [1.82, 2.24) is 4.98 Å². The number of carbonyl (C=O) groups excluding carboxylic acids is 1. The summed E-state index contributed by atoms with van der Waals surface area (Å²) in [7, 11) is 0.798. The molecule has 102 valence electrons.